The number of carbonyl (C=O) groups is 1. The number of anilines is 1. The Labute approximate surface area is 176 Å². The van der Waals surface area contributed by atoms with Gasteiger partial charge in [-0.3, -0.25) is 14.2 Å². The lowest BCUT2D eigenvalue weighted by atomic mass is 10.1. The molecular formula is C21H22BrN3O2S. The molecule has 7 heteroatoms. The van der Waals surface area contributed by atoms with E-state index in [1.807, 2.05) is 51.1 Å². The van der Waals surface area contributed by atoms with Gasteiger partial charge in [0, 0.05) is 16.7 Å². The number of aromatic nitrogens is 2. The van der Waals surface area contributed by atoms with Gasteiger partial charge in [-0.1, -0.05) is 52.3 Å². The molecule has 0 aliphatic heterocycles. The van der Waals surface area contributed by atoms with E-state index in [0.717, 1.165) is 27.7 Å². The van der Waals surface area contributed by atoms with Crippen molar-refractivity contribution in [2.75, 3.05) is 11.1 Å². The highest BCUT2D eigenvalue weighted by atomic mass is 79.9. The van der Waals surface area contributed by atoms with E-state index in [9.17, 15) is 9.59 Å². The zero-order chi connectivity index (χ0) is 20.3. The Hall–Kier alpha value is -2.12. The zero-order valence-electron chi connectivity index (χ0n) is 16.1. The summed E-state index contributed by atoms with van der Waals surface area (Å²) in [7, 11) is 0. The number of thioether (sulfide) groups is 1. The predicted octanol–water partition coefficient (Wildman–Crippen LogP) is 4.92. The fourth-order valence-electron chi connectivity index (χ4n) is 2.97. The maximum absolute atomic E-state index is 12.9. The molecule has 0 unspecified atom stereocenters. The Balaban J connectivity index is 1.83. The molecule has 0 atom stereocenters. The standard InChI is InChI=1S/C21H22BrN3O2S/c1-4-9-25-20(27)16-11-15(22)6-8-18(16)24-21(25)28-12-19(26)23-17-7-5-13(2)10-14(17)3/h5-8,10-11H,4,9,12H2,1-3H3,(H,23,26). The van der Waals surface area contributed by atoms with E-state index in [1.165, 1.54) is 11.8 Å². The molecule has 5 nitrogen and oxygen atoms in total. The molecule has 0 saturated heterocycles. The highest BCUT2D eigenvalue weighted by molar-refractivity contribution is 9.10. The van der Waals surface area contributed by atoms with Gasteiger partial charge in [0.25, 0.3) is 5.56 Å². The van der Waals surface area contributed by atoms with Crippen LogP contribution in [0.3, 0.4) is 0 Å². The summed E-state index contributed by atoms with van der Waals surface area (Å²) in [5.41, 5.74) is 3.54. The summed E-state index contributed by atoms with van der Waals surface area (Å²) in [6.07, 6.45) is 0.809. The van der Waals surface area contributed by atoms with Crippen LogP contribution in [0.4, 0.5) is 5.69 Å². The smallest absolute Gasteiger partial charge is 0.262 e. The first-order valence-electron chi connectivity index (χ1n) is 9.09. The van der Waals surface area contributed by atoms with Crippen LogP contribution in [-0.4, -0.2) is 21.2 Å². The number of rotatable bonds is 6. The van der Waals surface area contributed by atoms with Gasteiger partial charge in [-0.2, -0.15) is 0 Å². The molecule has 1 aromatic heterocycles. The Kier molecular flexibility index (Phi) is 6.57. The van der Waals surface area contributed by atoms with Gasteiger partial charge in [0.2, 0.25) is 5.91 Å². The molecule has 1 amide bonds. The molecule has 1 N–H and O–H groups in total. The van der Waals surface area contributed by atoms with Crippen LogP contribution < -0.4 is 10.9 Å². The van der Waals surface area contributed by atoms with E-state index in [2.05, 4.69) is 26.2 Å². The first-order chi connectivity index (χ1) is 13.4. The molecule has 0 radical (unpaired) electrons. The summed E-state index contributed by atoms with van der Waals surface area (Å²) in [5, 5.41) is 4.08. The summed E-state index contributed by atoms with van der Waals surface area (Å²) in [6, 6.07) is 11.4. The van der Waals surface area contributed by atoms with Gasteiger partial charge in [-0.05, 0) is 50.1 Å². The van der Waals surface area contributed by atoms with Crippen molar-refractivity contribution in [3.8, 4) is 0 Å². The summed E-state index contributed by atoms with van der Waals surface area (Å²) >= 11 is 4.69. The molecule has 28 heavy (non-hydrogen) atoms. The molecule has 3 aromatic rings. The van der Waals surface area contributed by atoms with Crippen LogP contribution in [0.1, 0.15) is 24.5 Å². The van der Waals surface area contributed by atoms with Crippen molar-refractivity contribution in [2.24, 2.45) is 0 Å². The molecule has 3 rings (SSSR count). The van der Waals surface area contributed by atoms with Crippen molar-refractivity contribution in [2.45, 2.75) is 38.9 Å². The molecule has 0 saturated carbocycles. The molecule has 2 aromatic carbocycles. The maximum Gasteiger partial charge on any atom is 0.262 e. The van der Waals surface area contributed by atoms with Crippen LogP contribution >= 0.6 is 27.7 Å². The Morgan fingerprint density at radius 1 is 1.21 bits per heavy atom. The Bertz CT molecular complexity index is 1090. The van der Waals surface area contributed by atoms with Gasteiger partial charge in [0.1, 0.15) is 0 Å². The van der Waals surface area contributed by atoms with Gasteiger partial charge < -0.3 is 5.32 Å². The van der Waals surface area contributed by atoms with E-state index >= 15 is 0 Å². The van der Waals surface area contributed by atoms with E-state index < -0.39 is 0 Å². The van der Waals surface area contributed by atoms with E-state index in [4.69, 9.17) is 0 Å². The summed E-state index contributed by atoms with van der Waals surface area (Å²) in [4.78, 5) is 30.0. The van der Waals surface area contributed by atoms with Gasteiger partial charge in [0.15, 0.2) is 5.16 Å². The highest BCUT2D eigenvalue weighted by Crippen LogP contribution is 2.22. The largest absolute Gasteiger partial charge is 0.325 e. The number of carbonyl (C=O) groups excluding carboxylic acids is 1. The number of benzene rings is 2. The molecule has 146 valence electrons. The van der Waals surface area contributed by atoms with E-state index in [0.29, 0.717) is 22.6 Å². The van der Waals surface area contributed by atoms with Gasteiger partial charge in [-0.25, -0.2) is 4.98 Å². The molecule has 1 heterocycles. The third-order valence-corrected chi connectivity index (χ3v) is 5.79. The number of amides is 1. The number of fused-ring (bicyclic) bond motifs is 1. The van der Waals surface area contributed by atoms with Crippen LogP contribution in [0.2, 0.25) is 0 Å². The van der Waals surface area contributed by atoms with Crippen molar-refractivity contribution < 1.29 is 4.79 Å². The van der Waals surface area contributed by atoms with Crippen molar-refractivity contribution in [3.63, 3.8) is 0 Å². The minimum Gasteiger partial charge on any atom is -0.325 e. The second-order valence-corrected chi connectivity index (χ2v) is 8.53. The first kappa shape index (κ1) is 20.6. The number of hydrogen-bond acceptors (Lipinski definition) is 4. The summed E-state index contributed by atoms with van der Waals surface area (Å²) < 4.78 is 2.50. The minimum atomic E-state index is -0.120. The second-order valence-electron chi connectivity index (χ2n) is 6.67. The molecule has 0 bridgehead atoms. The number of aryl methyl sites for hydroxylation is 2. The van der Waals surface area contributed by atoms with Crippen molar-refractivity contribution >= 4 is 50.2 Å². The quantitative estimate of drug-likeness (QED) is 0.419. The van der Waals surface area contributed by atoms with Gasteiger partial charge in [-0.15, -0.1) is 0 Å². The fraction of sp³-hybridized carbons (Fsp3) is 0.286. The Morgan fingerprint density at radius 3 is 2.71 bits per heavy atom. The van der Waals surface area contributed by atoms with Crippen LogP contribution in [0, 0.1) is 13.8 Å². The topological polar surface area (TPSA) is 64.0 Å². The van der Waals surface area contributed by atoms with Crippen LogP contribution in [0.15, 0.2) is 50.8 Å². The monoisotopic (exact) mass is 459 g/mol. The van der Waals surface area contributed by atoms with Crippen molar-refractivity contribution in [3.05, 3.63) is 62.4 Å². The Morgan fingerprint density at radius 2 is 2.00 bits per heavy atom. The van der Waals surface area contributed by atoms with Gasteiger partial charge >= 0.3 is 0 Å². The minimum absolute atomic E-state index is 0.0783. The molecule has 0 spiro atoms. The average Bonchev–Trinajstić information content (AvgIpc) is 2.65. The molecular weight excluding hydrogens is 438 g/mol. The predicted molar refractivity (Wildman–Crippen MR) is 119 cm³/mol. The lowest BCUT2D eigenvalue weighted by molar-refractivity contribution is -0.113. The molecule has 0 aliphatic carbocycles. The van der Waals surface area contributed by atoms with Crippen LogP contribution in [0.5, 0.6) is 0 Å². The zero-order valence-corrected chi connectivity index (χ0v) is 18.5. The SMILES string of the molecule is CCCn1c(SCC(=O)Nc2ccc(C)cc2C)nc2ccc(Br)cc2c1=O. The van der Waals surface area contributed by atoms with Gasteiger partial charge in [0.05, 0.1) is 16.7 Å². The normalized spacial score (nSPS) is 11.0. The summed E-state index contributed by atoms with van der Waals surface area (Å²) in [5.74, 6) is 0.0658. The van der Waals surface area contributed by atoms with E-state index in [-0.39, 0.29) is 17.2 Å². The van der Waals surface area contributed by atoms with Crippen LogP contribution in [-0.2, 0) is 11.3 Å². The van der Waals surface area contributed by atoms with Crippen molar-refractivity contribution in [1.82, 2.24) is 9.55 Å². The second kappa shape index (κ2) is 8.92. The summed E-state index contributed by atoms with van der Waals surface area (Å²) in [6.45, 7) is 6.57. The third kappa shape index (κ3) is 4.64. The number of nitrogens with one attached hydrogen (secondary N) is 1. The fourth-order valence-corrected chi connectivity index (χ4v) is 4.16. The lowest BCUT2D eigenvalue weighted by Crippen LogP contribution is -2.24. The third-order valence-electron chi connectivity index (χ3n) is 4.32. The highest BCUT2D eigenvalue weighted by Gasteiger charge is 2.14. The number of halogens is 1. The molecule has 0 fully saturated rings. The molecule has 0 aliphatic rings. The van der Waals surface area contributed by atoms with Crippen LogP contribution in [0.25, 0.3) is 10.9 Å². The number of nitrogens with zero attached hydrogens (tertiary/aromatic N) is 2. The number of hydrogen-bond donors (Lipinski definition) is 1. The van der Waals surface area contributed by atoms with Crippen molar-refractivity contribution in [1.29, 1.82) is 0 Å². The first-order valence-corrected chi connectivity index (χ1v) is 10.9. The lowest BCUT2D eigenvalue weighted by Gasteiger charge is -2.13. The average molecular weight is 460 g/mol. The maximum atomic E-state index is 12.9. The van der Waals surface area contributed by atoms with E-state index in [1.54, 1.807) is 10.6 Å².